The fourth-order valence-electron chi connectivity index (χ4n) is 3.86. The summed E-state index contributed by atoms with van der Waals surface area (Å²) in [6.45, 7) is 2.71. The number of sulfonamides is 1. The maximum absolute atomic E-state index is 12.8. The molecule has 3 rings (SSSR count). The van der Waals surface area contributed by atoms with Crippen molar-refractivity contribution in [3.63, 3.8) is 0 Å². The van der Waals surface area contributed by atoms with E-state index in [1.807, 2.05) is 0 Å². The standard InChI is InChI=1S/C21H30N2O6S/c1-16-6-8-18(30(26,27)23-10-12-28-13-11-23)14-19(16)22-20(24)15-29-21(25)9-7-17-4-2-3-5-17/h6,8,14,17H,2-5,7,9-13,15H2,1H3,(H,22,24). The molecule has 1 saturated heterocycles. The highest BCUT2D eigenvalue weighted by molar-refractivity contribution is 7.89. The van der Waals surface area contributed by atoms with E-state index in [2.05, 4.69) is 5.32 Å². The minimum absolute atomic E-state index is 0.110. The lowest BCUT2D eigenvalue weighted by atomic mass is 10.0. The second kappa shape index (κ2) is 10.4. The van der Waals surface area contributed by atoms with Crippen molar-refractivity contribution < 1.29 is 27.5 Å². The number of ether oxygens (including phenoxy) is 2. The van der Waals surface area contributed by atoms with Gasteiger partial charge in [0, 0.05) is 25.2 Å². The zero-order chi connectivity index (χ0) is 21.6. The van der Waals surface area contributed by atoms with Gasteiger partial charge < -0.3 is 14.8 Å². The molecule has 1 N–H and O–H groups in total. The Morgan fingerprint density at radius 2 is 1.90 bits per heavy atom. The highest BCUT2D eigenvalue weighted by Gasteiger charge is 2.27. The summed E-state index contributed by atoms with van der Waals surface area (Å²) in [5, 5.41) is 2.65. The first-order valence-electron chi connectivity index (χ1n) is 10.5. The molecule has 8 nitrogen and oxygen atoms in total. The summed E-state index contributed by atoms with van der Waals surface area (Å²) < 4.78 is 37.3. The largest absolute Gasteiger partial charge is 0.456 e. The summed E-state index contributed by atoms with van der Waals surface area (Å²) in [7, 11) is -3.66. The van der Waals surface area contributed by atoms with Crippen molar-refractivity contribution in [1.82, 2.24) is 4.31 Å². The third-order valence-corrected chi connectivity index (χ3v) is 7.58. The Balaban J connectivity index is 1.54. The molecular weight excluding hydrogens is 408 g/mol. The molecule has 1 aliphatic carbocycles. The summed E-state index contributed by atoms with van der Waals surface area (Å²) in [6, 6.07) is 4.62. The van der Waals surface area contributed by atoms with Gasteiger partial charge in [-0.2, -0.15) is 4.31 Å². The lowest BCUT2D eigenvalue weighted by molar-refractivity contribution is -0.147. The molecule has 1 amide bonds. The van der Waals surface area contributed by atoms with E-state index in [9.17, 15) is 18.0 Å². The molecule has 1 aromatic carbocycles. The number of hydrogen-bond donors (Lipinski definition) is 1. The fraction of sp³-hybridized carbons (Fsp3) is 0.619. The summed E-state index contributed by atoms with van der Waals surface area (Å²) >= 11 is 0. The van der Waals surface area contributed by atoms with Gasteiger partial charge in [-0.15, -0.1) is 0 Å². The molecular formula is C21H30N2O6S. The Morgan fingerprint density at radius 3 is 2.60 bits per heavy atom. The number of carbonyl (C=O) groups is 2. The molecule has 0 radical (unpaired) electrons. The molecule has 166 valence electrons. The number of hydrogen-bond acceptors (Lipinski definition) is 6. The Hall–Kier alpha value is -1.97. The molecule has 0 aromatic heterocycles. The van der Waals surface area contributed by atoms with E-state index < -0.39 is 15.9 Å². The molecule has 9 heteroatoms. The number of carbonyl (C=O) groups excluding carboxylic acids is 2. The van der Waals surface area contributed by atoms with E-state index in [4.69, 9.17) is 9.47 Å². The van der Waals surface area contributed by atoms with Gasteiger partial charge in [0.15, 0.2) is 6.61 Å². The minimum Gasteiger partial charge on any atom is -0.456 e. The highest BCUT2D eigenvalue weighted by Crippen LogP contribution is 2.28. The summed E-state index contributed by atoms with van der Waals surface area (Å²) in [6.07, 6.45) is 5.91. The summed E-state index contributed by atoms with van der Waals surface area (Å²) in [4.78, 5) is 24.2. The molecule has 0 bridgehead atoms. The van der Waals surface area contributed by atoms with Crippen LogP contribution in [-0.2, 0) is 29.1 Å². The van der Waals surface area contributed by atoms with Gasteiger partial charge in [0.2, 0.25) is 10.0 Å². The Labute approximate surface area is 178 Å². The van der Waals surface area contributed by atoms with Gasteiger partial charge in [-0.1, -0.05) is 31.7 Å². The van der Waals surface area contributed by atoms with Crippen molar-refractivity contribution in [3.05, 3.63) is 23.8 Å². The van der Waals surface area contributed by atoms with E-state index in [0.29, 0.717) is 44.3 Å². The number of rotatable bonds is 8. The lowest BCUT2D eigenvalue weighted by Gasteiger charge is -2.26. The van der Waals surface area contributed by atoms with Gasteiger partial charge in [0.05, 0.1) is 18.1 Å². The molecule has 30 heavy (non-hydrogen) atoms. The molecule has 0 spiro atoms. The second-order valence-electron chi connectivity index (χ2n) is 7.89. The van der Waals surface area contributed by atoms with E-state index in [-0.39, 0.29) is 17.5 Å². The topological polar surface area (TPSA) is 102 Å². The smallest absolute Gasteiger partial charge is 0.306 e. The fourth-order valence-corrected chi connectivity index (χ4v) is 5.29. The molecule has 1 aliphatic heterocycles. The zero-order valence-electron chi connectivity index (χ0n) is 17.4. The second-order valence-corrected chi connectivity index (χ2v) is 9.83. The lowest BCUT2D eigenvalue weighted by Crippen LogP contribution is -2.40. The Morgan fingerprint density at radius 1 is 1.20 bits per heavy atom. The molecule has 1 heterocycles. The van der Waals surface area contributed by atoms with E-state index in [1.165, 1.54) is 29.3 Å². The predicted molar refractivity (Wildman–Crippen MR) is 112 cm³/mol. The quantitative estimate of drug-likeness (QED) is 0.626. The molecule has 1 aromatic rings. The molecule has 2 fully saturated rings. The first kappa shape index (κ1) is 22.7. The first-order chi connectivity index (χ1) is 14.4. The van der Waals surface area contributed by atoms with Gasteiger partial charge in [0.1, 0.15) is 0 Å². The Bertz CT molecular complexity index is 858. The van der Waals surface area contributed by atoms with Crippen LogP contribution in [0.4, 0.5) is 5.69 Å². The van der Waals surface area contributed by atoms with E-state index in [0.717, 1.165) is 24.8 Å². The van der Waals surface area contributed by atoms with Gasteiger partial charge in [-0.3, -0.25) is 9.59 Å². The third-order valence-electron chi connectivity index (χ3n) is 5.69. The van der Waals surface area contributed by atoms with Crippen LogP contribution in [0.5, 0.6) is 0 Å². The van der Waals surface area contributed by atoms with Gasteiger partial charge in [-0.25, -0.2) is 8.42 Å². The maximum atomic E-state index is 12.8. The third kappa shape index (κ3) is 6.02. The molecule has 1 saturated carbocycles. The summed E-state index contributed by atoms with van der Waals surface area (Å²) in [5.74, 6) is -0.282. The van der Waals surface area contributed by atoms with Crippen LogP contribution in [0.3, 0.4) is 0 Å². The van der Waals surface area contributed by atoms with Gasteiger partial charge in [-0.05, 0) is 37.0 Å². The van der Waals surface area contributed by atoms with Crippen LogP contribution in [0.2, 0.25) is 0 Å². The van der Waals surface area contributed by atoms with Crippen LogP contribution in [-0.4, -0.2) is 57.5 Å². The first-order valence-corrected chi connectivity index (χ1v) is 11.9. The van der Waals surface area contributed by atoms with E-state index in [1.54, 1.807) is 13.0 Å². The SMILES string of the molecule is Cc1ccc(S(=O)(=O)N2CCOCC2)cc1NC(=O)COC(=O)CCC1CCCC1. The van der Waals surface area contributed by atoms with Crippen LogP contribution in [0.1, 0.15) is 44.1 Å². The van der Waals surface area contributed by atoms with Crippen molar-refractivity contribution in [3.8, 4) is 0 Å². The average Bonchev–Trinajstić information content (AvgIpc) is 3.26. The van der Waals surface area contributed by atoms with Crippen LogP contribution in [0.25, 0.3) is 0 Å². The number of anilines is 1. The number of benzene rings is 1. The van der Waals surface area contributed by atoms with Crippen molar-refractivity contribution in [2.75, 3.05) is 38.2 Å². The molecule has 0 atom stereocenters. The molecule has 2 aliphatic rings. The van der Waals surface area contributed by atoms with Crippen LogP contribution in [0.15, 0.2) is 23.1 Å². The average molecular weight is 439 g/mol. The van der Waals surface area contributed by atoms with Gasteiger partial charge in [0.25, 0.3) is 5.91 Å². The van der Waals surface area contributed by atoms with Gasteiger partial charge >= 0.3 is 5.97 Å². The van der Waals surface area contributed by atoms with Crippen molar-refractivity contribution in [2.45, 2.75) is 50.3 Å². The highest BCUT2D eigenvalue weighted by atomic mass is 32.2. The number of esters is 1. The maximum Gasteiger partial charge on any atom is 0.306 e. The number of amides is 1. The normalized spacial score (nSPS) is 18.3. The van der Waals surface area contributed by atoms with Crippen molar-refractivity contribution in [1.29, 1.82) is 0 Å². The molecule has 0 unspecified atom stereocenters. The number of nitrogens with one attached hydrogen (secondary N) is 1. The zero-order valence-corrected chi connectivity index (χ0v) is 18.2. The van der Waals surface area contributed by atoms with Crippen LogP contribution < -0.4 is 5.32 Å². The van der Waals surface area contributed by atoms with Crippen molar-refractivity contribution >= 4 is 27.6 Å². The van der Waals surface area contributed by atoms with Crippen molar-refractivity contribution in [2.24, 2.45) is 5.92 Å². The number of nitrogens with zero attached hydrogens (tertiary/aromatic N) is 1. The minimum atomic E-state index is -3.66. The van der Waals surface area contributed by atoms with Crippen LogP contribution in [0, 0.1) is 12.8 Å². The Kier molecular flexibility index (Phi) is 7.85. The van der Waals surface area contributed by atoms with Crippen LogP contribution >= 0.6 is 0 Å². The number of morpholine rings is 1. The predicted octanol–water partition coefficient (Wildman–Crippen LogP) is 2.47. The number of aryl methyl sites for hydroxylation is 1. The monoisotopic (exact) mass is 438 g/mol. The summed E-state index contributed by atoms with van der Waals surface area (Å²) in [5.41, 5.74) is 1.10. The van der Waals surface area contributed by atoms with E-state index >= 15 is 0 Å².